The highest BCUT2D eigenvalue weighted by molar-refractivity contribution is 6.05. The summed E-state index contributed by atoms with van der Waals surface area (Å²) in [6, 6.07) is 5.29. The van der Waals surface area contributed by atoms with Gasteiger partial charge in [0, 0.05) is 31.3 Å². The normalized spacial score (nSPS) is 17.8. The maximum absolute atomic E-state index is 12.9. The van der Waals surface area contributed by atoms with Crippen molar-refractivity contribution in [1.29, 1.82) is 0 Å². The fraction of sp³-hybridized carbons (Fsp3) is 0.500. The van der Waals surface area contributed by atoms with Crippen LogP contribution in [0.5, 0.6) is 0 Å². The highest BCUT2D eigenvalue weighted by Gasteiger charge is 2.39. The van der Waals surface area contributed by atoms with Gasteiger partial charge in [0.15, 0.2) is 0 Å². The molecule has 1 atom stereocenters. The van der Waals surface area contributed by atoms with E-state index in [-0.39, 0.29) is 24.1 Å². The molecule has 1 aromatic carbocycles. The van der Waals surface area contributed by atoms with Crippen molar-refractivity contribution in [2.45, 2.75) is 78.4 Å². The number of fused-ring (bicyclic) bond motifs is 1. The summed E-state index contributed by atoms with van der Waals surface area (Å²) in [5.74, 6) is -0.732. The van der Waals surface area contributed by atoms with Gasteiger partial charge in [0.1, 0.15) is 6.04 Å². The Morgan fingerprint density at radius 1 is 1.13 bits per heavy atom. The van der Waals surface area contributed by atoms with Crippen molar-refractivity contribution in [3.05, 3.63) is 52.8 Å². The monoisotopic (exact) mass is 424 g/mol. The van der Waals surface area contributed by atoms with Crippen LogP contribution in [0.3, 0.4) is 0 Å². The minimum atomic E-state index is -0.557. The van der Waals surface area contributed by atoms with Crippen LogP contribution in [0.4, 0.5) is 0 Å². The molecular formula is C24H32N4O3. The van der Waals surface area contributed by atoms with Gasteiger partial charge in [0.2, 0.25) is 11.8 Å². The van der Waals surface area contributed by atoms with Crippen molar-refractivity contribution in [3.63, 3.8) is 0 Å². The zero-order chi connectivity index (χ0) is 22.4. The van der Waals surface area contributed by atoms with Gasteiger partial charge in [-0.2, -0.15) is 5.10 Å². The molecule has 0 bridgehead atoms. The van der Waals surface area contributed by atoms with E-state index in [4.69, 9.17) is 0 Å². The molecule has 0 aliphatic carbocycles. The summed E-state index contributed by atoms with van der Waals surface area (Å²) in [6.07, 6.45) is 8.72. The molecule has 1 N–H and O–H groups in total. The number of hydrogen-bond acceptors (Lipinski definition) is 4. The number of nitrogens with zero attached hydrogens (tertiary/aromatic N) is 3. The Bertz CT molecular complexity index is 950. The number of aryl methyl sites for hydroxylation is 3. The van der Waals surface area contributed by atoms with E-state index in [1.54, 1.807) is 4.90 Å². The van der Waals surface area contributed by atoms with E-state index < -0.39 is 6.04 Å². The minimum Gasteiger partial charge on any atom is -0.322 e. The van der Waals surface area contributed by atoms with E-state index in [2.05, 4.69) is 22.7 Å². The van der Waals surface area contributed by atoms with Crippen molar-refractivity contribution in [1.82, 2.24) is 20.0 Å². The van der Waals surface area contributed by atoms with E-state index in [0.29, 0.717) is 18.5 Å². The molecule has 0 spiro atoms. The van der Waals surface area contributed by atoms with Crippen LogP contribution in [0.15, 0.2) is 30.6 Å². The fourth-order valence-electron chi connectivity index (χ4n) is 4.24. The first-order valence-electron chi connectivity index (χ1n) is 11.3. The molecule has 0 saturated carbocycles. The van der Waals surface area contributed by atoms with E-state index in [1.807, 2.05) is 43.8 Å². The zero-order valence-electron chi connectivity index (χ0n) is 18.7. The predicted molar refractivity (Wildman–Crippen MR) is 118 cm³/mol. The SMILES string of the molecule is CC.Cc1cnn(CCCCCc2cccc3c2CN(C2CCC(=O)NC2=O)C3=O)c1. The summed E-state index contributed by atoms with van der Waals surface area (Å²) in [6.45, 7) is 7.41. The number of carbonyl (C=O) groups is 3. The number of amides is 3. The third-order valence-corrected chi connectivity index (χ3v) is 5.77. The number of imide groups is 1. The zero-order valence-corrected chi connectivity index (χ0v) is 18.7. The molecule has 1 aromatic heterocycles. The van der Waals surface area contributed by atoms with Gasteiger partial charge in [0.25, 0.3) is 5.91 Å². The Balaban J connectivity index is 0.00000132. The average molecular weight is 425 g/mol. The van der Waals surface area contributed by atoms with Crippen molar-refractivity contribution in [3.8, 4) is 0 Å². The second-order valence-electron chi connectivity index (χ2n) is 7.93. The Morgan fingerprint density at radius 3 is 2.65 bits per heavy atom. The van der Waals surface area contributed by atoms with Crippen molar-refractivity contribution in [2.24, 2.45) is 0 Å². The summed E-state index contributed by atoms with van der Waals surface area (Å²) < 4.78 is 1.98. The fourth-order valence-corrected chi connectivity index (χ4v) is 4.24. The lowest BCUT2D eigenvalue weighted by atomic mass is 9.98. The Morgan fingerprint density at radius 2 is 1.94 bits per heavy atom. The smallest absolute Gasteiger partial charge is 0.255 e. The number of benzene rings is 1. The molecule has 7 nitrogen and oxygen atoms in total. The van der Waals surface area contributed by atoms with Gasteiger partial charge >= 0.3 is 0 Å². The number of hydrogen-bond donors (Lipinski definition) is 1. The van der Waals surface area contributed by atoms with Gasteiger partial charge in [-0.3, -0.25) is 24.4 Å². The van der Waals surface area contributed by atoms with Gasteiger partial charge in [0.05, 0.1) is 6.20 Å². The molecule has 3 amide bonds. The molecule has 2 aliphatic heterocycles. The quantitative estimate of drug-likeness (QED) is 0.545. The first kappa shape index (κ1) is 22.7. The average Bonchev–Trinajstić information content (AvgIpc) is 3.33. The molecule has 1 unspecified atom stereocenters. The van der Waals surface area contributed by atoms with Gasteiger partial charge < -0.3 is 4.90 Å². The lowest BCUT2D eigenvalue weighted by molar-refractivity contribution is -0.136. The van der Waals surface area contributed by atoms with Gasteiger partial charge in [-0.1, -0.05) is 32.4 Å². The van der Waals surface area contributed by atoms with E-state index in [1.165, 1.54) is 11.1 Å². The van der Waals surface area contributed by atoms with Crippen LogP contribution >= 0.6 is 0 Å². The molecule has 3 heterocycles. The number of piperidine rings is 1. The Kier molecular flexibility index (Phi) is 7.60. The van der Waals surface area contributed by atoms with Gasteiger partial charge in [-0.15, -0.1) is 0 Å². The van der Waals surface area contributed by atoms with Crippen molar-refractivity contribution in [2.75, 3.05) is 0 Å². The second-order valence-corrected chi connectivity index (χ2v) is 7.93. The van der Waals surface area contributed by atoms with Crippen molar-refractivity contribution >= 4 is 17.7 Å². The number of nitrogens with one attached hydrogen (secondary N) is 1. The Labute approximate surface area is 183 Å². The topological polar surface area (TPSA) is 84.3 Å². The van der Waals surface area contributed by atoms with Crippen LogP contribution < -0.4 is 5.32 Å². The number of aromatic nitrogens is 2. The summed E-state index contributed by atoms with van der Waals surface area (Å²) in [7, 11) is 0. The summed E-state index contributed by atoms with van der Waals surface area (Å²) >= 11 is 0. The standard InChI is InChI=1S/C22H26N4O3.C2H6/c1-15-12-23-25(13-15)11-4-2-3-6-16-7-5-8-17-18(16)14-26(22(17)29)19-9-10-20(27)24-21(19)28;1-2/h5,7-8,12-13,19H,2-4,6,9-11,14H2,1H3,(H,24,27,28);1-2H3. The molecule has 7 heteroatoms. The molecule has 2 aromatic rings. The first-order chi connectivity index (χ1) is 15.0. The highest BCUT2D eigenvalue weighted by Crippen LogP contribution is 2.30. The lowest BCUT2D eigenvalue weighted by Gasteiger charge is -2.29. The highest BCUT2D eigenvalue weighted by atomic mass is 16.2. The second kappa shape index (κ2) is 10.4. The number of unbranched alkanes of at least 4 members (excludes halogenated alkanes) is 2. The molecule has 4 rings (SSSR count). The van der Waals surface area contributed by atoms with Crippen LogP contribution in [0.1, 0.15) is 73.0 Å². The van der Waals surface area contributed by atoms with Crippen LogP contribution in [0, 0.1) is 6.92 Å². The van der Waals surface area contributed by atoms with Crippen molar-refractivity contribution < 1.29 is 14.4 Å². The maximum atomic E-state index is 12.9. The summed E-state index contributed by atoms with van der Waals surface area (Å²) in [4.78, 5) is 38.1. The maximum Gasteiger partial charge on any atom is 0.255 e. The minimum absolute atomic E-state index is 0.106. The van der Waals surface area contributed by atoms with E-state index in [0.717, 1.165) is 37.8 Å². The third-order valence-electron chi connectivity index (χ3n) is 5.77. The van der Waals surface area contributed by atoms with E-state index in [9.17, 15) is 14.4 Å². The molecule has 31 heavy (non-hydrogen) atoms. The summed E-state index contributed by atoms with van der Waals surface area (Å²) in [5, 5.41) is 6.66. The molecule has 0 radical (unpaired) electrons. The number of rotatable bonds is 7. The predicted octanol–water partition coefficient (Wildman–Crippen LogP) is 3.39. The van der Waals surface area contributed by atoms with Gasteiger partial charge in [-0.05, 0) is 55.4 Å². The molecule has 166 valence electrons. The van der Waals surface area contributed by atoms with Crippen LogP contribution in [0.2, 0.25) is 0 Å². The third kappa shape index (κ3) is 5.21. The summed E-state index contributed by atoms with van der Waals surface area (Å²) in [5.41, 5.74) is 4.08. The molecule has 1 fully saturated rings. The first-order valence-corrected chi connectivity index (χ1v) is 11.3. The van der Waals surface area contributed by atoms with Crippen LogP contribution in [-0.2, 0) is 29.1 Å². The van der Waals surface area contributed by atoms with Gasteiger partial charge in [-0.25, -0.2) is 0 Å². The molecular weight excluding hydrogens is 392 g/mol. The number of carbonyl (C=O) groups excluding carboxylic acids is 3. The van der Waals surface area contributed by atoms with Crippen LogP contribution in [-0.4, -0.2) is 38.4 Å². The largest absolute Gasteiger partial charge is 0.322 e. The molecule has 2 aliphatic rings. The molecule has 1 saturated heterocycles. The Hall–Kier alpha value is -2.96. The van der Waals surface area contributed by atoms with E-state index >= 15 is 0 Å². The van der Waals surface area contributed by atoms with Crippen LogP contribution in [0.25, 0.3) is 0 Å². The lowest BCUT2D eigenvalue weighted by Crippen LogP contribution is -2.52.